The number of nitrogens with zero attached hydrogens (tertiary/aromatic N) is 3. The van der Waals surface area contributed by atoms with Gasteiger partial charge in [0.25, 0.3) is 0 Å². The SMILES string of the molecule is CCc1cccc(Cn2c(CCN3CCCCC3)nc3cc(F)ccc32)c1OCc1ccc(OCC(=O)O)cc1. The van der Waals surface area contributed by atoms with Gasteiger partial charge in [-0.25, -0.2) is 14.2 Å². The number of hydrogen-bond acceptors (Lipinski definition) is 5. The van der Waals surface area contributed by atoms with Gasteiger partial charge >= 0.3 is 5.97 Å². The highest BCUT2D eigenvalue weighted by Gasteiger charge is 2.18. The first-order valence-corrected chi connectivity index (χ1v) is 14.0. The van der Waals surface area contributed by atoms with Crippen molar-refractivity contribution in [3.05, 3.63) is 89.0 Å². The number of hydrogen-bond donors (Lipinski definition) is 1. The summed E-state index contributed by atoms with van der Waals surface area (Å²) in [5.74, 6) is 1.01. The van der Waals surface area contributed by atoms with Crippen LogP contribution in [-0.2, 0) is 30.8 Å². The molecule has 210 valence electrons. The first-order chi connectivity index (χ1) is 19.5. The van der Waals surface area contributed by atoms with Gasteiger partial charge in [0.05, 0.1) is 17.6 Å². The van der Waals surface area contributed by atoms with Crippen LogP contribution in [0.4, 0.5) is 4.39 Å². The standard InChI is InChI=1S/C32H36FN3O4/c1-2-24-7-6-8-25(32(24)40-21-23-9-12-27(13-10-23)39-22-31(37)38)20-36-29-14-11-26(33)19-28(29)34-30(36)15-18-35-16-4-3-5-17-35/h6-14,19H,2-5,15-18,20-22H2,1H3,(H,37,38). The molecule has 0 atom stereocenters. The van der Waals surface area contributed by atoms with Crippen molar-refractivity contribution >= 4 is 17.0 Å². The molecule has 0 saturated carbocycles. The minimum Gasteiger partial charge on any atom is -0.488 e. The van der Waals surface area contributed by atoms with Crippen molar-refractivity contribution in [3.63, 3.8) is 0 Å². The van der Waals surface area contributed by atoms with Crippen molar-refractivity contribution in [1.29, 1.82) is 0 Å². The molecule has 1 aromatic heterocycles. The second-order valence-corrected chi connectivity index (χ2v) is 10.3. The molecule has 1 saturated heterocycles. The van der Waals surface area contributed by atoms with Gasteiger partial charge < -0.3 is 24.0 Å². The number of para-hydroxylation sites is 1. The van der Waals surface area contributed by atoms with Crippen molar-refractivity contribution in [1.82, 2.24) is 14.5 Å². The van der Waals surface area contributed by atoms with Crippen molar-refractivity contribution in [2.24, 2.45) is 0 Å². The van der Waals surface area contributed by atoms with E-state index < -0.39 is 5.97 Å². The molecule has 1 aliphatic rings. The lowest BCUT2D eigenvalue weighted by Crippen LogP contribution is -2.32. The number of fused-ring (bicyclic) bond motifs is 1. The second-order valence-electron chi connectivity index (χ2n) is 10.3. The summed E-state index contributed by atoms with van der Waals surface area (Å²) >= 11 is 0. The van der Waals surface area contributed by atoms with E-state index in [4.69, 9.17) is 19.6 Å². The zero-order chi connectivity index (χ0) is 27.9. The van der Waals surface area contributed by atoms with Crippen LogP contribution in [0.15, 0.2) is 60.7 Å². The van der Waals surface area contributed by atoms with Crippen LogP contribution in [0.25, 0.3) is 11.0 Å². The van der Waals surface area contributed by atoms with E-state index in [1.54, 1.807) is 12.1 Å². The van der Waals surface area contributed by atoms with Gasteiger partial charge in [-0.1, -0.05) is 43.7 Å². The number of piperidine rings is 1. The minimum absolute atomic E-state index is 0.281. The van der Waals surface area contributed by atoms with Gasteiger partial charge in [-0.3, -0.25) is 0 Å². The van der Waals surface area contributed by atoms with E-state index in [1.165, 1.54) is 31.4 Å². The highest BCUT2D eigenvalue weighted by atomic mass is 19.1. The fourth-order valence-electron chi connectivity index (χ4n) is 5.34. The number of aliphatic carboxylic acids is 1. The van der Waals surface area contributed by atoms with Crippen LogP contribution in [0.3, 0.4) is 0 Å². The van der Waals surface area contributed by atoms with Crippen LogP contribution in [0.1, 0.15) is 48.7 Å². The first-order valence-electron chi connectivity index (χ1n) is 14.0. The Bertz CT molecular complexity index is 1440. The summed E-state index contributed by atoms with van der Waals surface area (Å²) in [6.07, 6.45) is 5.40. The molecule has 0 amide bonds. The van der Waals surface area contributed by atoms with Gasteiger partial charge in [0.2, 0.25) is 0 Å². The Kier molecular flexibility index (Phi) is 8.96. The lowest BCUT2D eigenvalue weighted by Gasteiger charge is -2.26. The van der Waals surface area contributed by atoms with E-state index in [0.717, 1.165) is 66.3 Å². The first kappa shape index (κ1) is 27.6. The van der Waals surface area contributed by atoms with Crippen LogP contribution < -0.4 is 9.47 Å². The molecule has 7 nitrogen and oxygen atoms in total. The quantitative estimate of drug-likeness (QED) is 0.240. The number of halogens is 1. The molecule has 0 spiro atoms. The van der Waals surface area contributed by atoms with E-state index in [9.17, 15) is 9.18 Å². The van der Waals surface area contributed by atoms with Crippen LogP contribution in [0.5, 0.6) is 11.5 Å². The zero-order valence-electron chi connectivity index (χ0n) is 22.9. The van der Waals surface area contributed by atoms with Gasteiger partial charge in [-0.15, -0.1) is 0 Å². The molecule has 8 heteroatoms. The monoisotopic (exact) mass is 545 g/mol. The molecule has 4 aromatic rings. The average molecular weight is 546 g/mol. The Morgan fingerprint density at radius 1 is 1.00 bits per heavy atom. The largest absolute Gasteiger partial charge is 0.488 e. The molecular weight excluding hydrogens is 509 g/mol. The van der Waals surface area contributed by atoms with Crippen molar-refractivity contribution in [2.45, 2.75) is 52.2 Å². The average Bonchev–Trinajstić information content (AvgIpc) is 3.31. The maximum Gasteiger partial charge on any atom is 0.341 e. The highest BCUT2D eigenvalue weighted by molar-refractivity contribution is 5.76. The van der Waals surface area contributed by atoms with Crippen LogP contribution in [0, 0.1) is 5.82 Å². The van der Waals surface area contributed by atoms with Crippen LogP contribution >= 0.6 is 0 Å². The third-order valence-corrected chi connectivity index (χ3v) is 7.45. The third-order valence-electron chi connectivity index (χ3n) is 7.45. The Labute approximate surface area is 234 Å². The number of aromatic nitrogens is 2. The second kappa shape index (κ2) is 13.0. The van der Waals surface area contributed by atoms with Gasteiger partial charge in [0.15, 0.2) is 6.61 Å². The number of rotatable bonds is 12. The molecule has 1 aliphatic heterocycles. The number of benzene rings is 3. The molecule has 3 aromatic carbocycles. The summed E-state index contributed by atoms with van der Waals surface area (Å²) in [7, 11) is 0. The number of carbonyl (C=O) groups is 1. The van der Waals surface area contributed by atoms with Gasteiger partial charge in [0.1, 0.15) is 29.7 Å². The summed E-state index contributed by atoms with van der Waals surface area (Å²) in [6, 6.07) is 18.3. The molecule has 0 aliphatic carbocycles. The third kappa shape index (κ3) is 6.80. The summed E-state index contributed by atoms with van der Waals surface area (Å²) < 4.78 is 28.0. The molecule has 40 heavy (non-hydrogen) atoms. The number of ether oxygens (including phenoxy) is 2. The number of aryl methyl sites for hydroxylation is 1. The Morgan fingerprint density at radius 2 is 1.77 bits per heavy atom. The van der Waals surface area contributed by atoms with Crippen LogP contribution in [0.2, 0.25) is 0 Å². The van der Waals surface area contributed by atoms with E-state index in [0.29, 0.717) is 24.4 Å². The summed E-state index contributed by atoms with van der Waals surface area (Å²) in [5, 5.41) is 8.81. The summed E-state index contributed by atoms with van der Waals surface area (Å²) in [4.78, 5) is 18.1. The van der Waals surface area contributed by atoms with Crippen molar-refractivity contribution in [3.8, 4) is 11.5 Å². The normalized spacial score (nSPS) is 13.9. The molecule has 1 N–H and O–H groups in total. The number of carboxylic acids is 1. The molecule has 0 bridgehead atoms. The number of carboxylic acid groups (broad SMARTS) is 1. The maximum absolute atomic E-state index is 14.1. The molecule has 2 heterocycles. The van der Waals surface area contributed by atoms with Crippen LogP contribution in [-0.4, -0.2) is 51.8 Å². The molecule has 0 radical (unpaired) electrons. The highest BCUT2D eigenvalue weighted by Crippen LogP contribution is 2.29. The molecule has 1 fully saturated rings. The van der Waals surface area contributed by atoms with Gasteiger partial charge in [-0.05, 0) is 67.7 Å². The van der Waals surface area contributed by atoms with E-state index in [-0.39, 0.29) is 12.4 Å². The number of imidazole rings is 1. The van der Waals surface area contributed by atoms with Crippen molar-refractivity contribution in [2.75, 3.05) is 26.2 Å². The lowest BCUT2D eigenvalue weighted by molar-refractivity contribution is -0.139. The van der Waals surface area contributed by atoms with Crippen molar-refractivity contribution < 1.29 is 23.8 Å². The zero-order valence-corrected chi connectivity index (χ0v) is 22.9. The topological polar surface area (TPSA) is 76.8 Å². The smallest absolute Gasteiger partial charge is 0.341 e. The Hall–Kier alpha value is -3.91. The van der Waals surface area contributed by atoms with E-state index in [1.807, 2.05) is 18.2 Å². The van der Waals surface area contributed by atoms with E-state index >= 15 is 0 Å². The maximum atomic E-state index is 14.1. The lowest BCUT2D eigenvalue weighted by atomic mass is 10.1. The number of likely N-dealkylation sites (tertiary alicyclic amines) is 1. The molecule has 0 unspecified atom stereocenters. The van der Waals surface area contributed by atoms with Gasteiger partial charge in [-0.2, -0.15) is 0 Å². The molecular formula is C32H36FN3O4. The summed E-state index contributed by atoms with van der Waals surface area (Å²) in [5.41, 5.74) is 4.70. The molecule has 5 rings (SSSR count). The predicted octanol–water partition coefficient (Wildman–Crippen LogP) is 5.86. The summed E-state index contributed by atoms with van der Waals surface area (Å²) in [6.45, 7) is 5.86. The fourth-order valence-corrected chi connectivity index (χ4v) is 5.34. The van der Waals surface area contributed by atoms with Gasteiger partial charge in [0, 0.05) is 24.6 Å². The fraction of sp³-hybridized carbons (Fsp3) is 0.375. The minimum atomic E-state index is -1.01. The predicted molar refractivity (Wildman–Crippen MR) is 153 cm³/mol. The Balaban J connectivity index is 1.38. The Morgan fingerprint density at radius 3 is 2.52 bits per heavy atom. The van der Waals surface area contributed by atoms with E-state index in [2.05, 4.69) is 34.6 Å².